The Bertz CT molecular complexity index is 626. The van der Waals surface area contributed by atoms with Crippen molar-refractivity contribution in [3.05, 3.63) is 44.0 Å². The van der Waals surface area contributed by atoms with Crippen molar-refractivity contribution in [2.45, 2.75) is 44.9 Å². The molecular weight excluding hydrogens is 258 g/mol. The van der Waals surface area contributed by atoms with Crippen LogP contribution in [0.4, 0.5) is 0 Å². The summed E-state index contributed by atoms with van der Waals surface area (Å²) in [6.45, 7) is 1.99. The van der Waals surface area contributed by atoms with Crippen LogP contribution in [0.25, 0.3) is 0 Å². The molecule has 0 aliphatic heterocycles. The highest BCUT2D eigenvalue weighted by molar-refractivity contribution is 7.09. The van der Waals surface area contributed by atoms with Gasteiger partial charge in [-0.15, -0.1) is 11.3 Å². The minimum atomic E-state index is -0.0427. The van der Waals surface area contributed by atoms with E-state index in [1.165, 1.54) is 12.8 Å². The molecule has 0 radical (unpaired) electrons. The topological polar surface area (TPSA) is 58.6 Å². The number of hydrogen-bond donors (Lipinski definition) is 1. The number of rotatable bonds is 3. The molecule has 4 nitrogen and oxygen atoms in total. The minimum Gasteiger partial charge on any atom is -0.310 e. The van der Waals surface area contributed by atoms with Crippen LogP contribution in [0.5, 0.6) is 0 Å². The number of aromatic nitrogens is 3. The highest BCUT2D eigenvalue weighted by Gasteiger charge is 2.19. The Morgan fingerprint density at radius 2 is 2.16 bits per heavy atom. The standard InChI is InChI=1S/C14H17N3OS/c1-9-15-11(8-19-9)6-13-16-12(7-14(18)17-13)10-4-2-3-5-10/h7-8,10H,2-6H2,1H3,(H,16,17,18). The van der Waals surface area contributed by atoms with Crippen LogP contribution >= 0.6 is 11.3 Å². The first-order valence-electron chi connectivity index (χ1n) is 6.72. The number of aromatic amines is 1. The van der Waals surface area contributed by atoms with Gasteiger partial charge in [-0.25, -0.2) is 9.97 Å². The predicted molar refractivity (Wildman–Crippen MR) is 75.7 cm³/mol. The number of H-pyrrole nitrogens is 1. The van der Waals surface area contributed by atoms with E-state index in [-0.39, 0.29) is 5.56 Å². The lowest BCUT2D eigenvalue weighted by Gasteiger charge is -2.09. The molecule has 1 aliphatic carbocycles. The zero-order chi connectivity index (χ0) is 13.2. The van der Waals surface area contributed by atoms with Crippen LogP contribution in [0.3, 0.4) is 0 Å². The first kappa shape index (κ1) is 12.5. The van der Waals surface area contributed by atoms with E-state index in [1.54, 1.807) is 17.4 Å². The smallest absolute Gasteiger partial charge is 0.251 e. The van der Waals surface area contributed by atoms with Crippen molar-refractivity contribution in [2.75, 3.05) is 0 Å². The zero-order valence-corrected chi connectivity index (χ0v) is 11.8. The lowest BCUT2D eigenvalue weighted by Crippen LogP contribution is -2.14. The van der Waals surface area contributed by atoms with Gasteiger partial charge in [-0.2, -0.15) is 0 Å². The Hall–Kier alpha value is -1.49. The molecule has 19 heavy (non-hydrogen) atoms. The van der Waals surface area contributed by atoms with Crippen molar-refractivity contribution in [3.63, 3.8) is 0 Å². The van der Waals surface area contributed by atoms with Gasteiger partial charge in [0.1, 0.15) is 5.82 Å². The van der Waals surface area contributed by atoms with E-state index in [9.17, 15) is 4.79 Å². The van der Waals surface area contributed by atoms with Gasteiger partial charge in [0.2, 0.25) is 0 Å². The Kier molecular flexibility index (Phi) is 3.46. The molecule has 100 valence electrons. The van der Waals surface area contributed by atoms with Gasteiger partial charge in [0.05, 0.1) is 16.4 Å². The lowest BCUT2D eigenvalue weighted by atomic mass is 10.0. The number of aryl methyl sites for hydroxylation is 1. The summed E-state index contributed by atoms with van der Waals surface area (Å²) in [6.07, 6.45) is 5.43. The van der Waals surface area contributed by atoms with E-state index in [1.807, 2.05) is 12.3 Å². The van der Waals surface area contributed by atoms with Crippen LogP contribution in [0.15, 0.2) is 16.2 Å². The maximum absolute atomic E-state index is 11.7. The summed E-state index contributed by atoms with van der Waals surface area (Å²) in [5.41, 5.74) is 1.90. The van der Waals surface area contributed by atoms with E-state index in [0.29, 0.717) is 12.3 Å². The zero-order valence-electron chi connectivity index (χ0n) is 11.0. The van der Waals surface area contributed by atoms with E-state index >= 15 is 0 Å². The second kappa shape index (κ2) is 5.25. The maximum Gasteiger partial charge on any atom is 0.251 e. The molecule has 0 spiro atoms. The fraction of sp³-hybridized carbons (Fsp3) is 0.500. The van der Waals surface area contributed by atoms with Crippen molar-refractivity contribution in [2.24, 2.45) is 0 Å². The molecule has 1 fully saturated rings. The molecule has 0 saturated heterocycles. The molecule has 0 aromatic carbocycles. The summed E-state index contributed by atoms with van der Waals surface area (Å²) < 4.78 is 0. The van der Waals surface area contributed by atoms with Crippen LogP contribution in [0, 0.1) is 6.92 Å². The fourth-order valence-corrected chi connectivity index (χ4v) is 3.32. The van der Waals surface area contributed by atoms with Gasteiger partial charge in [0, 0.05) is 23.8 Å². The third-order valence-corrected chi connectivity index (χ3v) is 4.42. The van der Waals surface area contributed by atoms with E-state index < -0.39 is 0 Å². The molecular formula is C14H17N3OS. The minimum absolute atomic E-state index is 0.0427. The number of nitrogens with one attached hydrogen (secondary N) is 1. The summed E-state index contributed by atoms with van der Waals surface area (Å²) in [4.78, 5) is 23.6. The second-order valence-corrected chi connectivity index (χ2v) is 6.20. The maximum atomic E-state index is 11.7. The molecule has 0 amide bonds. The van der Waals surface area contributed by atoms with Crippen LogP contribution in [-0.2, 0) is 6.42 Å². The van der Waals surface area contributed by atoms with Crippen molar-refractivity contribution in [1.29, 1.82) is 0 Å². The molecule has 2 aromatic rings. The van der Waals surface area contributed by atoms with Gasteiger partial charge in [0.25, 0.3) is 5.56 Å². The molecule has 0 unspecified atom stereocenters. The molecule has 1 N–H and O–H groups in total. The quantitative estimate of drug-likeness (QED) is 0.937. The van der Waals surface area contributed by atoms with Crippen molar-refractivity contribution < 1.29 is 0 Å². The predicted octanol–water partition coefficient (Wildman–Crippen LogP) is 2.78. The van der Waals surface area contributed by atoms with E-state index in [0.717, 1.165) is 35.1 Å². The molecule has 2 heterocycles. The largest absolute Gasteiger partial charge is 0.310 e. The van der Waals surface area contributed by atoms with Crippen LogP contribution in [0.2, 0.25) is 0 Å². The average Bonchev–Trinajstić information content (AvgIpc) is 3.00. The van der Waals surface area contributed by atoms with Crippen molar-refractivity contribution >= 4 is 11.3 Å². The normalized spacial score (nSPS) is 16.1. The number of thiazole rings is 1. The molecule has 0 bridgehead atoms. The summed E-state index contributed by atoms with van der Waals surface area (Å²) in [7, 11) is 0. The third kappa shape index (κ3) is 2.92. The van der Waals surface area contributed by atoms with Gasteiger partial charge >= 0.3 is 0 Å². The van der Waals surface area contributed by atoms with Gasteiger partial charge in [0.15, 0.2) is 0 Å². The fourth-order valence-electron chi connectivity index (χ4n) is 2.70. The molecule has 1 saturated carbocycles. The van der Waals surface area contributed by atoms with Gasteiger partial charge in [-0.3, -0.25) is 4.79 Å². The number of hydrogen-bond acceptors (Lipinski definition) is 4. The molecule has 3 rings (SSSR count). The Morgan fingerprint density at radius 1 is 1.37 bits per heavy atom. The highest BCUT2D eigenvalue weighted by atomic mass is 32.1. The molecule has 1 aliphatic rings. The molecule has 5 heteroatoms. The van der Waals surface area contributed by atoms with Crippen LogP contribution < -0.4 is 5.56 Å². The Labute approximate surface area is 115 Å². The van der Waals surface area contributed by atoms with Crippen LogP contribution in [-0.4, -0.2) is 15.0 Å². The number of nitrogens with zero attached hydrogens (tertiary/aromatic N) is 2. The third-order valence-electron chi connectivity index (χ3n) is 3.60. The highest BCUT2D eigenvalue weighted by Crippen LogP contribution is 2.32. The van der Waals surface area contributed by atoms with Gasteiger partial charge in [-0.1, -0.05) is 12.8 Å². The van der Waals surface area contributed by atoms with Crippen molar-refractivity contribution in [1.82, 2.24) is 15.0 Å². The summed E-state index contributed by atoms with van der Waals surface area (Å²) in [6, 6.07) is 1.66. The summed E-state index contributed by atoms with van der Waals surface area (Å²) >= 11 is 1.63. The second-order valence-electron chi connectivity index (χ2n) is 5.13. The summed E-state index contributed by atoms with van der Waals surface area (Å²) in [5.74, 6) is 1.21. The molecule has 2 aromatic heterocycles. The average molecular weight is 275 g/mol. The van der Waals surface area contributed by atoms with Crippen molar-refractivity contribution in [3.8, 4) is 0 Å². The van der Waals surface area contributed by atoms with Crippen LogP contribution in [0.1, 0.15) is 53.8 Å². The SMILES string of the molecule is Cc1nc(Cc2nc(C3CCCC3)cc(=O)[nH]2)cs1. The first-order chi connectivity index (χ1) is 9.20. The monoisotopic (exact) mass is 275 g/mol. The molecule has 0 atom stereocenters. The first-order valence-corrected chi connectivity index (χ1v) is 7.60. The Morgan fingerprint density at radius 3 is 2.84 bits per heavy atom. The Balaban J connectivity index is 1.86. The summed E-state index contributed by atoms with van der Waals surface area (Å²) in [5, 5.41) is 3.07. The van der Waals surface area contributed by atoms with Gasteiger partial charge < -0.3 is 4.98 Å². The van der Waals surface area contributed by atoms with Gasteiger partial charge in [-0.05, 0) is 19.8 Å². The lowest BCUT2D eigenvalue weighted by molar-refractivity contribution is 0.682. The van der Waals surface area contributed by atoms with E-state index in [4.69, 9.17) is 0 Å². The van der Waals surface area contributed by atoms with E-state index in [2.05, 4.69) is 15.0 Å².